The van der Waals surface area contributed by atoms with Crippen molar-refractivity contribution >= 4 is 34.7 Å². The van der Waals surface area contributed by atoms with Crippen LogP contribution in [0.15, 0.2) is 78.0 Å². The van der Waals surface area contributed by atoms with E-state index in [4.69, 9.17) is 9.47 Å². The first-order chi connectivity index (χ1) is 21.0. The second kappa shape index (κ2) is 12.6. The Labute approximate surface area is 259 Å². The molecule has 1 aliphatic carbocycles. The second-order valence-corrected chi connectivity index (χ2v) is 12.0. The average molecular weight is 596 g/mol. The Hall–Kier alpha value is -4.59. The van der Waals surface area contributed by atoms with Crippen LogP contribution < -0.4 is 24.6 Å². The molecule has 8 heteroatoms. The lowest BCUT2D eigenvalue weighted by Gasteiger charge is -2.36. The fourth-order valence-corrected chi connectivity index (χ4v) is 6.69. The molecule has 0 bridgehead atoms. The summed E-state index contributed by atoms with van der Waals surface area (Å²) in [5, 5.41) is 3.54. The van der Waals surface area contributed by atoms with E-state index in [-0.39, 0.29) is 36.1 Å². The number of fused-ring (bicyclic) bond motifs is 1. The molecule has 1 heterocycles. The maximum Gasteiger partial charge on any atom is 0.308 e. The van der Waals surface area contributed by atoms with Crippen LogP contribution in [0.25, 0.3) is 0 Å². The van der Waals surface area contributed by atoms with Crippen LogP contribution in [-0.4, -0.2) is 36.9 Å². The average Bonchev–Trinajstić information content (AvgIpc) is 3.11. The van der Waals surface area contributed by atoms with Crippen LogP contribution in [0.5, 0.6) is 11.5 Å². The van der Waals surface area contributed by atoms with Gasteiger partial charge < -0.3 is 19.7 Å². The number of anilines is 3. The smallest absolute Gasteiger partial charge is 0.308 e. The van der Waals surface area contributed by atoms with Gasteiger partial charge in [-0.05, 0) is 75.9 Å². The van der Waals surface area contributed by atoms with E-state index in [1.165, 1.54) is 13.8 Å². The van der Waals surface area contributed by atoms with Gasteiger partial charge in [-0.3, -0.25) is 19.3 Å². The second-order valence-electron chi connectivity index (χ2n) is 12.0. The van der Waals surface area contributed by atoms with Crippen LogP contribution in [-0.2, 0) is 14.4 Å². The van der Waals surface area contributed by atoms with Crippen molar-refractivity contribution in [2.45, 2.75) is 78.4 Å². The fraction of sp³-hybridized carbons (Fsp3) is 0.361. The van der Waals surface area contributed by atoms with E-state index in [0.717, 1.165) is 28.4 Å². The highest BCUT2D eigenvalue weighted by atomic mass is 16.5. The number of carbonyl (C=O) groups excluding carboxylic acids is 3. The molecule has 5 rings (SSSR count). The highest BCUT2D eigenvalue weighted by Gasteiger charge is 2.42. The van der Waals surface area contributed by atoms with Gasteiger partial charge in [-0.2, -0.15) is 0 Å². The zero-order chi connectivity index (χ0) is 31.7. The maximum atomic E-state index is 14.3. The van der Waals surface area contributed by atoms with Crippen LogP contribution in [0.1, 0.15) is 77.5 Å². The van der Waals surface area contributed by atoms with Crippen molar-refractivity contribution in [3.05, 3.63) is 89.1 Å². The van der Waals surface area contributed by atoms with Gasteiger partial charge in [0.25, 0.3) is 0 Å². The van der Waals surface area contributed by atoms with E-state index in [0.29, 0.717) is 29.0 Å². The molecule has 1 N–H and O–H groups in total. The van der Waals surface area contributed by atoms with Crippen molar-refractivity contribution < 1.29 is 23.9 Å². The first kappa shape index (κ1) is 30.9. The minimum Gasteiger partial charge on any atom is -0.497 e. The molecular formula is C36H41N3O5. The molecule has 0 aromatic heterocycles. The topological polar surface area (TPSA) is 88.2 Å². The minimum atomic E-state index is -0.807. The van der Waals surface area contributed by atoms with E-state index >= 15 is 0 Å². The molecule has 0 radical (unpaired) electrons. The maximum absolute atomic E-state index is 14.3. The van der Waals surface area contributed by atoms with Crippen LogP contribution in [0.4, 0.5) is 17.1 Å². The predicted octanol–water partition coefficient (Wildman–Crippen LogP) is 7.16. The first-order valence-electron chi connectivity index (χ1n) is 15.2. The molecule has 0 spiro atoms. The van der Waals surface area contributed by atoms with Crippen LogP contribution in [0.2, 0.25) is 0 Å². The molecule has 0 saturated heterocycles. The van der Waals surface area contributed by atoms with E-state index in [1.54, 1.807) is 12.0 Å². The number of benzene rings is 3. The summed E-state index contributed by atoms with van der Waals surface area (Å²) in [5.41, 5.74) is 5.15. The number of amides is 1. The largest absolute Gasteiger partial charge is 0.497 e. The molecule has 8 nitrogen and oxygen atoms in total. The van der Waals surface area contributed by atoms with Crippen molar-refractivity contribution in [2.75, 3.05) is 22.2 Å². The number of Topliss-reactive ketones (excluding diaryl/α,β-unsaturated/α-hetero) is 1. The Bertz CT molecular complexity index is 1600. The van der Waals surface area contributed by atoms with Crippen molar-refractivity contribution in [2.24, 2.45) is 0 Å². The number of methoxy groups -OCH3 is 1. The number of para-hydroxylation sites is 2. The number of hydrogen-bond donors (Lipinski definition) is 1. The molecule has 3 aromatic rings. The molecule has 3 aromatic carbocycles. The summed E-state index contributed by atoms with van der Waals surface area (Å²) in [4.78, 5) is 44.2. The lowest BCUT2D eigenvalue weighted by molar-refractivity contribution is -0.132. The Morgan fingerprint density at radius 1 is 0.932 bits per heavy atom. The number of nitrogens with one attached hydrogen (secondary N) is 1. The zero-order valence-electron chi connectivity index (χ0n) is 26.5. The third-order valence-electron chi connectivity index (χ3n) is 8.37. The molecule has 1 aliphatic heterocycles. The quantitative estimate of drug-likeness (QED) is 0.229. The molecule has 2 aliphatic rings. The molecule has 2 unspecified atom stereocenters. The summed E-state index contributed by atoms with van der Waals surface area (Å²) < 4.78 is 11.2. The van der Waals surface area contributed by atoms with Gasteiger partial charge in [-0.15, -0.1) is 0 Å². The fourth-order valence-electron chi connectivity index (χ4n) is 6.69. The van der Waals surface area contributed by atoms with Crippen LogP contribution in [0, 0.1) is 0 Å². The molecule has 44 heavy (non-hydrogen) atoms. The van der Waals surface area contributed by atoms with Gasteiger partial charge in [-0.25, -0.2) is 0 Å². The number of ether oxygens (including phenoxy) is 2. The number of nitrogens with zero attached hydrogens (tertiary/aromatic N) is 2. The number of rotatable bonds is 7. The van der Waals surface area contributed by atoms with Crippen molar-refractivity contribution in [3.8, 4) is 11.5 Å². The van der Waals surface area contributed by atoms with Gasteiger partial charge >= 0.3 is 5.97 Å². The molecule has 0 fully saturated rings. The first-order valence-corrected chi connectivity index (χ1v) is 15.2. The Morgan fingerprint density at radius 3 is 2.23 bits per heavy atom. The summed E-state index contributed by atoms with van der Waals surface area (Å²) >= 11 is 0. The van der Waals surface area contributed by atoms with Crippen molar-refractivity contribution in [1.82, 2.24) is 0 Å². The summed E-state index contributed by atoms with van der Waals surface area (Å²) in [6.45, 7) is 11.3. The summed E-state index contributed by atoms with van der Waals surface area (Å²) in [7, 11) is 1.63. The van der Waals surface area contributed by atoms with E-state index in [1.807, 2.05) is 66.7 Å². The Kier molecular flexibility index (Phi) is 8.81. The molecule has 1 amide bonds. The van der Waals surface area contributed by atoms with Crippen LogP contribution >= 0.6 is 0 Å². The van der Waals surface area contributed by atoms with Crippen molar-refractivity contribution in [1.29, 1.82) is 0 Å². The van der Waals surface area contributed by atoms with E-state index in [9.17, 15) is 14.4 Å². The lowest BCUT2D eigenvalue weighted by atomic mass is 9.78. The van der Waals surface area contributed by atoms with Gasteiger partial charge in [0, 0.05) is 60.9 Å². The number of carbonyl (C=O) groups is 3. The summed E-state index contributed by atoms with van der Waals surface area (Å²) in [6, 6.07) is 20.7. The summed E-state index contributed by atoms with van der Waals surface area (Å²) in [5.74, 6) is 0.254. The van der Waals surface area contributed by atoms with Gasteiger partial charge in [0.15, 0.2) is 5.78 Å². The van der Waals surface area contributed by atoms with E-state index in [2.05, 4.69) is 37.9 Å². The van der Waals surface area contributed by atoms with Gasteiger partial charge in [0.05, 0.1) is 24.5 Å². The Balaban J connectivity index is 1.72. The van der Waals surface area contributed by atoms with Gasteiger partial charge in [-0.1, -0.05) is 30.3 Å². The normalized spacial score (nSPS) is 17.9. The standard InChI is InChI=1S/C36H41N3O5/c1-21(2)38(22(3)4)27-14-17-29(34(20-27)44-24(6)41)36-35-31(37-30-10-8-9-11-32(30)39(36)23(5)40)18-26(19-33(35)42)25-12-15-28(43-7)16-13-25/h8-17,20-22,26,36-37H,18-19H2,1-7H3. The third-order valence-corrected chi connectivity index (χ3v) is 8.37. The lowest BCUT2D eigenvalue weighted by Crippen LogP contribution is -2.38. The minimum absolute atomic E-state index is 0.0581. The Morgan fingerprint density at radius 2 is 1.61 bits per heavy atom. The van der Waals surface area contributed by atoms with Gasteiger partial charge in [0.1, 0.15) is 11.5 Å². The van der Waals surface area contributed by atoms with E-state index < -0.39 is 12.0 Å². The molecular weight excluding hydrogens is 554 g/mol. The monoisotopic (exact) mass is 595 g/mol. The number of hydrogen-bond acceptors (Lipinski definition) is 7. The van der Waals surface area contributed by atoms with Crippen LogP contribution in [0.3, 0.4) is 0 Å². The predicted molar refractivity (Wildman–Crippen MR) is 173 cm³/mol. The molecule has 230 valence electrons. The highest BCUT2D eigenvalue weighted by molar-refractivity contribution is 6.06. The van der Waals surface area contributed by atoms with Crippen molar-refractivity contribution in [3.63, 3.8) is 0 Å². The molecule has 0 saturated carbocycles. The van der Waals surface area contributed by atoms with Gasteiger partial charge in [0.2, 0.25) is 5.91 Å². The third kappa shape index (κ3) is 5.94. The summed E-state index contributed by atoms with van der Waals surface area (Å²) in [6.07, 6.45) is 0.848. The zero-order valence-corrected chi connectivity index (χ0v) is 26.5. The number of ketones is 1. The SMILES string of the molecule is COc1ccc(C2CC(=O)C3=C(C2)Nc2ccccc2N(C(C)=O)C3c2ccc(N(C(C)C)C(C)C)cc2OC(C)=O)cc1. The highest BCUT2D eigenvalue weighted by Crippen LogP contribution is 2.49. The molecule has 2 atom stereocenters. The number of esters is 1. The number of allylic oxidation sites excluding steroid dienone is 1.